The van der Waals surface area contributed by atoms with Crippen LogP contribution in [0.5, 0.6) is 11.5 Å². The Morgan fingerprint density at radius 2 is 1.69 bits per heavy atom. The lowest BCUT2D eigenvalue weighted by molar-refractivity contribution is -0.0500. The van der Waals surface area contributed by atoms with Gasteiger partial charge in [0.15, 0.2) is 0 Å². The summed E-state index contributed by atoms with van der Waals surface area (Å²) in [6.45, 7) is 2.69. The van der Waals surface area contributed by atoms with Crippen molar-refractivity contribution in [2.75, 3.05) is 6.61 Å². The van der Waals surface area contributed by atoms with E-state index in [0.717, 1.165) is 35.1 Å². The zero-order valence-corrected chi connectivity index (χ0v) is 16.4. The molecule has 29 heavy (non-hydrogen) atoms. The summed E-state index contributed by atoms with van der Waals surface area (Å²) in [7, 11) is -5.72. The molecule has 0 unspecified atom stereocenters. The molecule has 0 atom stereocenters. The van der Waals surface area contributed by atoms with Crippen molar-refractivity contribution >= 4 is 20.9 Å². The topological polar surface area (TPSA) is 52.6 Å². The number of hydrogen-bond donors (Lipinski definition) is 0. The van der Waals surface area contributed by atoms with Gasteiger partial charge in [-0.1, -0.05) is 49.7 Å². The molecule has 0 radical (unpaired) electrons. The lowest BCUT2D eigenvalue weighted by atomic mass is 9.98. The summed E-state index contributed by atoms with van der Waals surface area (Å²) in [4.78, 5) is 0. The summed E-state index contributed by atoms with van der Waals surface area (Å²) in [5, 5.41) is 1.30. The average Bonchev–Trinajstić information content (AvgIpc) is 2.66. The first kappa shape index (κ1) is 21.0. The maximum Gasteiger partial charge on any atom is 0.534 e. The third-order valence-corrected chi connectivity index (χ3v) is 5.23. The van der Waals surface area contributed by atoms with E-state index in [-0.39, 0.29) is 0 Å². The van der Waals surface area contributed by atoms with Crippen LogP contribution in [0.2, 0.25) is 0 Å². The van der Waals surface area contributed by atoms with Crippen molar-refractivity contribution in [3.05, 3.63) is 60.7 Å². The molecule has 3 aromatic rings. The van der Waals surface area contributed by atoms with Gasteiger partial charge in [-0.25, -0.2) is 0 Å². The van der Waals surface area contributed by atoms with E-state index in [9.17, 15) is 21.6 Å². The van der Waals surface area contributed by atoms with Gasteiger partial charge < -0.3 is 8.92 Å². The van der Waals surface area contributed by atoms with Gasteiger partial charge in [0.05, 0.1) is 6.61 Å². The van der Waals surface area contributed by atoms with Crippen LogP contribution in [0.1, 0.15) is 19.8 Å². The second-order valence-corrected chi connectivity index (χ2v) is 7.94. The molecule has 0 saturated carbocycles. The standard InChI is InChI=1S/C21H19F3O4S/c1-2-3-12-27-17-8-4-6-15(13-17)19-9-5-7-16-14-18(10-11-20(16)19)28-29(25,26)21(22,23)24/h4-11,13-14H,2-3,12H2,1H3. The first-order chi connectivity index (χ1) is 13.7. The average molecular weight is 424 g/mol. The van der Waals surface area contributed by atoms with Crippen molar-refractivity contribution in [1.29, 1.82) is 0 Å². The molecular formula is C21H19F3O4S. The maximum atomic E-state index is 12.5. The van der Waals surface area contributed by atoms with Crippen LogP contribution in [0, 0.1) is 0 Å². The van der Waals surface area contributed by atoms with E-state index in [2.05, 4.69) is 11.1 Å². The molecule has 0 aliphatic heterocycles. The zero-order valence-electron chi connectivity index (χ0n) is 15.6. The highest BCUT2D eigenvalue weighted by Crippen LogP contribution is 2.34. The molecule has 0 saturated heterocycles. The first-order valence-corrected chi connectivity index (χ1v) is 10.4. The lowest BCUT2D eigenvalue weighted by Crippen LogP contribution is -2.28. The quantitative estimate of drug-likeness (QED) is 0.269. The van der Waals surface area contributed by atoms with Crippen LogP contribution in [-0.2, 0) is 10.1 Å². The van der Waals surface area contributed by atoms with Crippen molar-refractivity contribution in [2.24, 2.45) is 0 Å². The Labute approximate surface area is 167 Å². The zero-order chi connectivity index (χ0) is 21.1. The molecule has 0 heterocycles. The van der Waals surface area contributed by atoms with Gasteiger partial charge in [-0.15, -0.1) is 0 Å². The molecule has 0 aromatic heterocycles. The van der Waals surface area contributed by atoms with E-state index in [1.54, 1.807) is 12.1 Å². The number of rotatable bonds is 7. The highest BCUT2D eigenvalue weighted by molar-refractivity contribution is 7.88. The van der Waals surface area contributed by atoms with E-state index < -0.39 is 21.4 Å². The number of alkyl halides is 3. The molecule has 0 aliphatic rings. The fourth-order valence-electron chi connectivity index (χ4n) is 2.83. The molecule has 0 bridgehead atoms. The van der Waals surface area contributed by atoms with Crippen LogP contribution in [0.25, 0.3) is 21.9 Å². The molecule has 0 aliphatic carbocycles. The molecule has 4 nitrogen and oxygen atoms in total. The number of fused-ring (bicyclic) bond motifs is 1. The van der Waals surface area contributed by atoms with E-state index in [1.165, 1.54) is 18.2 Å². The minimum atomic E-state index is -5.72. The summed E-state index contributed by atoms with van der Waals surface area (Å²) in [5.74, 6) is 0.327. The van der Waals surface area contributed by atoms with Gasteiger partial charge in [0, 0.05) is 0 Å². The number of unbranched alkanes of at least 4 members (excludes halogenated alkanes) is 1. The van der Waals surface area contributed by atoms with Gasteiger partial charge in [-0.3, -0.25) is 0 Å². The van der Waals surface area contributed by atoms with Crippen LogP contribution in [0.4, 0.5) is 13.2 Å². The smallest absolute Gasteiger partial charge is 0.494 e. The van der Waals surface area contributed by atoms with Gasteiger partial charge in [0.2, 0.25) is 0 Å². The maximum absolute atomic E-state index is 12.5. The van der Waals surface area contributed by atoms with Gasteiger partial charge >= 0.3 is 15.6 Å². The summed E-state index contributed by atoms with van der Waals surface area (Å²) in [6.07, 6.45) is 1.97. The highest BCUT2D eigenvalue weighted by atomic mass is 32.2. The van der Waals surface area contributed by atoms with Gasteiger partial charge in [0.1, 0.15) is 11.5 Å². The molecular weight excluding hydrogens is 405 g/mol. The van der Waals surface area contributed by atoms with Crippen LogP contribution < -0.4 is 8.92 Å². The summed E-state index contributed by atoms with van der Waals surface area (Å²) >= 11 is 0. The van der Waals surface area contributed by atoms with Crippen molar-refractivity contribution < 1.29 is 30.5 Å². The van der Waals surface area contributed by atoms with Gasteiger partial charge in [-0.05, 0) is 52.6 Å². The third kappa shape index (κ3) is 4.82. The van der Waals surface area contributed by atoms with Gasteiger partial charge in [0.25, 0.3) is 0 Å². The third-order valence-electron chi connectivity index (χ3n) is 4.25. The minimum absolute atomic E-state index is 0.399. The second-order valence-electron chi connectivity index (χ2n) is 6.40. The Hall–Kier alpha value is -2.74. The second kappa shape index (κ2) is 8.32. The van der Waals surface area contributed by atoms with Crippen molar-refractivity contribution in [2.45, 2.75) is 25.3 Å². The Morgan fingerprint density at radius 1 is 0.931 bits per heavy atom. The van der Waals surface area contributed by atoms with E-state index in [1.807, 2.05) is 30.3 Å². The molecule has 154 valence electrons. The number of hydrogen-bond acceptors (Lipinski definition) is 4. The SMILES string of the molecule is CCCCOc1cccc(-c2cccc3cc(OS(=O)(=O)C(F)(F)F)ccc23)c1. The van der Waals surface area contributed by atoms with Crippen molar-refractivity contribution in [3.8, 4) is 22.6 Å². The van der Waals surface area contributed by atoms with Crippen LogP contribution in [0.3, 0.4) is 0 Å². The molecule has 3 aromatic carbocycles. The number of benzene rings is 3. The summed E-state index contributed by atoms with van der Waals surface area (Å²) in [6, 6.07) is 16.8. The minimum Gasteiger partial charge on any atom is -0.494 e. The van der Waals surface area contributed by atoms with Crippen molar-refractivity contribution in [1.82, 2.24) is 0 Å². The van der Waals surface area contributed by atoms with Crippen molar-refractivity contribution in [3.63, 3.8) is 0 Å². The van der Waals surface area contributed by atoms with E-state index in [4.69, 9.17) is 4.74 Å². The van der Waals surface area contributed by atoms with Crippen LogP contribution in [-0.4, -0.2) is 20.5 Å². The fourth-order valence-corrected chi connectivity index (χ4v) is 3.28. The summed E-state index contributed by atoms with van der Waals surface area (Å²) in [5.41, 5.74) is -3.77. The monoisotopic (exact) mass is 424 g/mol. The van der Waals surface area contributed by atoms with E-state index >= 15 is 0 Å². The predicted octanol–water partition coefficient (Wildman–Crippen LogP) is 5.91. The number of halogens is 3. The predicted molar refractivity (Wildman–Crippen MR) is 105 cm³/mol. The fraction of sp³-hybridized carbons (Fsp3) is 0.238. The molecule has 0 amide bonds. The largest absolute Gasteiger partial charge is 0.534 e. The summed E-state index contributed by atoms with van der Waals surface area (Å²) < 4.78 is 70.0. The van der Waals surface area contributed by atoms with Crippen LogP contribution >= 0.6 is 0 Å². The normalized spacial score (nSPS) is 12.1. The van der Waals surface area contributed by atoms with E-state index in [0.29, 0.717) is 12.0 Å². The first-order valence-electron chi connectivity index (χ1n) is 8.98. The highest BCUT2D eigenvalue weighted by Gasteiger charge is 2.48. The molecule has 0 N–H and O–H groups in total. The lowest BCUT2D eigenvalue weighted by Gasteiger charge is -2.12. The molecule has 0 spiro atoms. The van der Waals surface area contributed by atoms with Gasteiger partial charge in [-0.2, -0.15) is 21.6 Å². The Bertz CT molecular complexity index is 1110. The Kier molecular flexibility index (Phi) is 6.02. The molecule has 8 heteroatoms. The number of ether oxygens (including phenoxy) is 1. The van der Waals surface area contributed by atoms with Crippen LogP contribution in [0.15, 0.2) is 60.7 Å². The molecule has 3 rings (SSSR count). The molecule has 0 fully saturated rings. The Balaban J connectivity index is 1.94. The Morgan fingerprint density at radius 3 is 2.41 bits per heavy atom.